The first-order chi connectivity index (χ1) is 41.2. The molecule has 4 aromatic heterocycles. The van der Waals surface area contributed by atoms with Crippen molar-refractivity contribution >= 4 is 34.1 Å². The molecule has 19 heteroatoms. The van der Waals surface area contributed by atoms with E-state index in [-0.39, 0.29) is 29.7 Å². The van der Waals surface area contributed by atoms with Gasteiger partial charge in [0.1, 0.15) is 69.9 Å². The van der Waals surface area contributed by atoms with Gasteiger partial charge in [-0.2, -0.15) is 10.5 Å². The number of nitrogens with zero attached hydrogens (tertiary/aromatic N) is 6. The number of nitrogens with one attached hydrogen (secondary N) is 1. The van der Waals surface area contributed by atoms with Crippen molar-refractivity contribution in [2.75, 3.05) is 66.8 Å². The number of carboxylic acids is 1. The maximum absolute atomic E-state index is 12.9. The number of methoxy groups -OCH3 is 2. The van der Waals surface area contributed by atoms with Gasteiger partial charge in [0.05, 0.1) is 74.5 Å². The number of furan rings is 2. The van der Waals surface area contributed by atoms with Crippen LogP contribution in [0.3, 0.4) is 0 Å². The Balaban J connectivity index is 0.000000169. The van der Waals surface area contributed by atoms with E-state index in [0.717, 1.165) is 74.1 Å². The first kappa shape index (κ1) is 59.3. The number of hydrogen-bond acceptors (Lipinski definition) is 17. The van der Waals surface area contributed by atoms with Crippen LogP contribution in [0.25, 0.3) is 67.1 Å². The minimum Gasteiger partial charge on any atom is -0.496 e. The summed E-state index contributed by atoms with van der Waals surface area (Å²) in [5.74, 6) is 1.93. The van der Waals surface area contributed by atoms with Crippen LogP contribution >= 0.6 is 0 Å². The molecule has 4 aromatic carbocycles. The zero-order valence-electron chi connectivity index (χ0n) is 48.6. The molecule has 4 saturated heterocycles. The average Bonchev–Trinajstić information content (AvgIpc) is 3.09. The zero-order valence-corrected chi connectivity index (χ0v) is 48.6. The van der Waals surface area contributed by atoms with Gasteiger partial charge in [-0.3, -0.25) is 24.6 Å². The van der Waals surface area contributed by atoms with Gasteiger partial charge in [0.15, 0.2) is 11.2 Å². The van der Waals surface area contributed by atoms with E-state index in [1.165, 1.54) is 19.2 Å². The number of likely N-dealkylation sites (tertiary alicyclic amines) is 2. The summed E-state index contributed by atoms with van der Waals surface area (Å²) in [4.78, 5) is 37.9. The van der Waals surface area contributed by atoms with Gasteiger partial charge in [-0.1, -0.05) is 12.1 Å². The largest absolute Gasteiger partial charge is 0.496 e. The number of amides is 1. The maximum atomic E-state index is 12.9. The number of carboxylic acid groups (broad SMARTS) is 1. The van der Waals surface area contributed by atoms with Crippen molar-refractivity contribution in [1.29, 1.82) is 10.5 Å². The average molecular weight is 1150 g/mol. The van der Waals surface area contributed by atoms with E-state index < -0.39 is 5.97 Å². The molecule has 4 fully saturated rings. The molecule has 0 unspecified atom stereocenters. The second-order valence-corrected chi connectivity index (χ2v) is 22.0. The third-order valence-corrected chi connectivity index (χ3v) is 15.7. The summed E-state index contributed by atoms with van der Waals surface area (Å²) < 4.78 is 46.6. The van der Waals surface area contributed by atoms with Crippen LogP contribution in [0.15, 0.2) is 118 Å². The molecular weight excluding hydrogens is 1080 g/mol. The number of rotatable bonds is 15. The second kappa shape index (κ2) is 26.8. The normalized spacial score (nSPS) is 16.0. The highest BCUT2D eigenvalue weighted by Crippen LogP contribution is 2.41. The fourth-order valence-corrected chi connectivity index (χ4v) is 10.6. The quantitative estimate of drug-likeness (QED) is 0.0862. The van der Waals surface area contributed by atoms with E-state index in [2.05, 4.69) is 64.9 Å². The molecule has 0 radical (unpaired) electrons. The summed E-state index contributed by atoms with van der Waals surface area (Å²) in [6, 6.07) is 34.7. The summed E-state index contributed by atoms with van der Waals surface area (Å²) in [5, 5.41) is 32.0. The first-order valence-electron chi connectivity index (χ1n) is 28.7. The fourth-order valence-electron chi connectivity index (χ4n) is 10.6. The van der Waals surface area contributed by atoms with Gasteiger partial charge >= 0.3 is 5.97 Å². The lowest BCUT2D eigenvalue weighted by Gasteiger charge is -2.42. The Morgan fingerprint density at radius 3 is 1.46 bits per heavy atom. The molecule has 0 atom stereocenters. The van der Waals surface area contributed by atoms with E-state index >= 15 is 0 Å². The number of nitrogens with two attached hydrogens (primary N) is 1. The number of carbonyl (C=O) groups is 2. The Morgan fingerprint density at radius 1 is 0.600 bits per heavy atom. The molecular formula is C66H70N8O11. The second-order valence-electron chi connectivity index (χ2n) is 22.0. The molecule has 0 bridgehead atoms. The van der Waals surface area contributed by atoms with Crippen LogP contribution in [0, 0.1) is 22.7 Å². The summed E-state index contributed by atoms with van der Waals surface area (Å²) in [6.07, 6.45) is 6.68. The van der Waals surface area contributed by atoms with Crippen LogP contribution in [0.1, 0.15) is 85.2 Å². The van der Waals surface area contributed by atoms with Gasteiger partial charge in [0.2, 0.25) is 0 Å². The maximum Gasteiger partial charge on any atom is 0.335 e. The van der Waals surface area contributed by atoms with E-state index in [9.17, 15) is 25.2 Å². The Kier molecular flexibility index (Phi) is 18.7. The van der Waals surface area contributed by atoms with Gasteiger partial charge in [-0.05, 0) is 112 Å². The zero-order chi connectivity index (χ0) is 59.7. The van der Waals surface area contributed by atoms with E-state index in [4.69, 9.17) is 43.0 Å². The molecule has 4 aliphatic rings. The van der Waals surface area contributed by atoms with Gasteiger partial charge in [0.25, 0.3) is 5.91 Å². The van der Waals surface area contributed by atoms with Crippen LogP contribution in [0.2, 0.25) is 0 Å². The Bertz CT molecular complexity index is 3760. The Labute approximate surface area is 493 Å². The van der Waals surface area contributed by atoms with Crippen LogP contribution in [-0.4, -0.2) is 140 Å². The molecule has 19 nitrogen and oxygen atoms in total. The molecule has 85 heavy (non-hydrogen) atoms. The van der Waals surface area contributed by atoms with Crippen molar-refractivity contribution in [2.24, 2.45) is 5.73 Å². The number of ether oxygens (including phenoxy) is 6. The predicted octanol–water partition coefficient (Wildman–Crippen LogP) is 10.8. The lowest BCUT2D eigenvalue weighted by molar-refractivity contribution is 0.0252. The van der Waals surface area contributed by atoms with Gasteiger partial charge in [-0.15, -0.1) is 0 Å². The van der Waals surface area contributed by atoms with E-state index in [0.29, 0.717) is 129 Å². The van der Waals surface area contributed by atoms with Crippen LogP contribution in [0.4, 0.5) is 0 Å². The topological polar surface area (TPSA) is 254 Å². The van der Waals surface area contributed by atoms with Crippen molar-refractivity contribution in [2.45, 2.75) is 89.8 Å². The van der Waals surface area contributed by atoms with Crippen molar-refractivity contribution in [3.05, 3.63) is 132 Å². The summed E-state index contributed by atoms with van der Waals surface area (Å²) in [7, 11) is 3.05. The van der Waals surface area contributed by atoms with Crippen molar-refractivity contribution in [1.82, 2.24) is 25.1 Å². The minimum absolute atomic E-state index is 0.0319. The molecule has 1 amide bonds. The number of aromatic nitrogens is 2. The van der Waals surface area contributed by atoms with E-state index in [1.807, 2.05) is 54.6 Å². The molecule has 8 aromatic rings. The predicted molar refractivity (Wildman–Crippen MR) is 321 cm³/mol. The standard InChI is InChI=1S/C33H34N4O5.C27H22N2O6.C6H14N2/c1-20(2)37-18-24(19-37)36-33(38)22-4-6-27(30(15-22)39-3)31-16-28-32(42-31)26(8-11-35-28)21-5-7-29(23(14-21)17-34)41-25-9-12-40-13-10-25;1-32-24-13-17(27(30)31)2-4-21(24)25-14-22-26(35-25)20(6-9-29-22)16-3-5-23(18(12-16)15-28)34-19-7-10-33-11-8-19;1-5(2)8-3-6(7)4-8/h4-8,11,14-16,20,24-25H,9-10,12-13,18-19H2,1-3H3,(H,36,38);2-6,9,12-14,19H,7-8,10-11H2,1H3,(H,30,31);5-6H,3-4,7H2,1-2H3. The van der Waals surface area contributed by atoms with Crippen molar-refractivity contribution in [3.63, 3.8) is 0 Å². The van der Waals surface area contributed by atoms with Crippen LogP contribution < -0.4 is 30.0 Å². The van der Waals surface area contributed by atoms with Crippen LogP contribution in [-0.2, 0) is 9.47 Å². The number of fused-ring (bicyclic) bond motifs is 2. The lowest BCUT2D eigenvalue weighted by atomic mass is 10.0. The van der Waals surface area contributed by atoms with Crippen molar-refractivity contribution < 1.29 is 52.0 Å². The molecule has 0 spiro atoms. The molecule has 8 heterocycles. The highest BCUT2D eigenvalue weighted by molar-refractivity contribution is 5.97. The number of hydrogen-bond donors (Lipinski definition) is 3. The molecule has 4 N–H and O–H groups in total. The number of carbonyl (C=O) groups excluding carboxylic acids is 1. The van der Waals surface area contributed by atoms with E-state index in [1.54, 1.807) is 49.8 Å². The number of benzene rings is 4. The Hall–Kier alpha value is -8.82. The monoisotopic (exact) mass is 1150 g/mol. The highest BCUT2D eigenvalue weighted by Gasteiger charge is 2.31. The highest BCUT2D eigenvalue weighted by atomic mass is 16.5. The van der Waals surface area contributed by atoms with Gasteiger partial charge in [-0.25, -0.2) is 4.79 Å². The Morgan fingerprint density at radius 2 is 1.05 bits per heavy atom. The fraction of sp³-hybridized carbons (Fsp3) is 0.364. The summed E-state index contributed by atoms with van der Waals surface area (Å²) in [5.41, 5.74) is 14.1. The minimum atomic E-state index is -1.04. The summed E-state index contributed by atoms with van der Waals surface area (Å²) in [6.45, 7) is 15.3. The smallest absolute Gasteiger partial charge is 0.335 e. The van der Waals surface area contributed by atoms with Gasteiger partial charge < -0.3 is 53.4 Å². The lowest BCUT2D eigenvalue weighted by Crippen LogP contribution is -2.61. The first-order valence-corrected chi connectivity index (χ1v) is 28.7. The van der Waals surface area contributed by atoms with Crippen molar-refractivity contribution in [3.8, 4) is 80.0 Å². The third kappa shape index (κ3) is 13.7. The summed E-state index contributed by atoms with van der Waals surface area (Å²) >= 11 is 0. The van der Waals surface area contributed by atoms with Gasteiger partial charge in [0, 0.05) is 111 Å². The third-order valence-electron chi connectivity index (χ3n) is 15.7. The molecule has 12 rings (SSSR count). The SMILES string of the molecule is CC(C)N1CC(N)C1.COc1cc(C(=O)NC2CN(C(C)C)C2)ccc1-c1cc2nccc(-c3ccc(OC4CCOCC4)c(C#N)c3)c2o1.COc1cc(C(=O)O)ccc1-c1cc2nccc(-c3ccc(OC4CCOCC4)c(C#N)c3)c2o1. The number of nitriles is 2. The number of aromatic carboxylic acids is 1. The number of pyridine rings is 2. The molecule has 0 aliphatic carbocycles. The molecule has 4 aliphatic heterocycles. The molecule has 0 saturated carbocycles. The molecule has 440 valence electrons. The van der Waals surface area contributed by atoms with Crippen LogP contribution in [0.5, 0.6) is 23.0 Å².